The number of carbonyl (C=O) groups excluding carboxylic acids is 2. The number of carbonyl (C=O) groups is 3. The molecule has 300 valence electrons. The molecule has 0 radical (unpaired) electrons. The van der Waals surface area contributed by atoms with E-state index in [9.17, 15) is 24.6 Å². The summed E-state index contributed by atoms with van der Waals surface area (Å²) >= 11 is 0. The number of aliphatic carboxylic acids is 1. The van der Waals surface area contributed by atoms with E-state index in [1.807, 2.05) is 12.1 Å². The number of Topliss-reactive ketones (excluding diaryl/α,β-unsaturated/α-hetero) is 1. The fraction of sp³-hybridized carbons (Fsp3) is 0.778. The Kier molecular flexibility index (Phi) is 10.9. The quantitative estimate of drug-likeness (QED) is 0.184. The zero-order chi connectivity index (χ0) is 39.6. The highest BCUT2D eigenvalue weighted by Gasteiger charge is 2.70. The van der Waals surface area contributed by atoms with Gasteiger partial charge in [0.15, 0.2) is 5.78 Å². The van der Waals surface area contributed by atoms with Gasteiger partial charge >= 0.3 is 11.9 Å². The van der Waals surface area contributed by atoms with E-state index in [0.717, 1.165) is 62.5 Å². The smallest absolute Gasteiger partial charge is 0.309 e. The molecule has 5 aliphatic rings. The van der Waals surface area contributed by atoms with Crippen LogP contribution in [0.5, 0.6) is 0 Å². The molecular weight excluding hydrogens is 679 g/mol. The van der Waals surface area contributed by atoms with Gasteiger partial charge in [-0.1, -0.05) is 54.0 Å². The van der Waals surface area contributed by atoms with Crippen LogP contribution in [0.15, 0.2) is 35.7 Å². The van der Waals surface area contributed by atoms with Crippen LogP contribution in [0.3, 0.4) is 0 Å². The highest BCUT2D eigenvalue weighted by Crippen LogP contribution is 2.77. The van der Waals surface area contributed by atoms with Crippen LogP contribution in [-0.4, -0.2) is 69.7 Å². The minimum Gasteiger partial charge on any atom is -0.481 e. The number of allylic oxidation sites excluding steroid dienone is 1. The summed E-state index contributed by atoms with van der Waals surface area (Å²) in [5.74, 6) is -0.0182. The maximum Gasteiger partial charge on any atom is 0.309 e. The average molecular weight is 748 g/mol. The topological polar surface area (TPSA) is 143 Å². The van der Waals surface area contributed by atoms with E-state index in [-0.39, 0.29) is 51.8 Å². The molecule has 5 aliphatic carbocycles. The minimum atomic E-state index is -1.17. The molecule has 9 atom stereocenters. The number of ether oxygens (including phenoxy) is 1. The lowest BCUT2D eigenvalue weighted by molar-refractivity contribution is -0.235. The predicted molar refractivity (Wildman–Crippen MR) is 210 cm³/mol. The molecular formula is C45H69N3O6. The van der Waals surface area contributed by atoms with Crippen molar-refractivity contribution in [1.82, 2.24) is 9.88 Å². The summed E-state index contributed by atoms with van der Waals surface area (Å²) < 4.78 is 6.18. The summed E-state index contributed by atoms with van der Waals surface area (Å²) in [5.41, 5.74) is 7.59. The Morgan fingerprint density at radius 3 is 2.30 bits per heavy atom. The number of aliphatic hydroxyl groups excluding tert-OH is 1. The molecule has 9 unspecified atom stereocenters. The average Bonchev–Trinajstić information content (AvgIpc) is 3.40. The van der Waals surface area contributed by atoms with Crippen molar-refractivity contribution in [2.24, 2.45) is 61.9 Å². The van der Waals surface area contributed by atoms with Gasteiger partial charge in [-0.25, -0.2) is 0 Å². The Hall–Kier alpha value is -2.62. The van der Waals surface area contributed by atoms with E-state index in [0.29, 0.717) is 44.4 Å². The van der Waals surface area contributed by atoms with Gasteiger partial charge in [0.1, 0.15) is 6.10 Å². The van der Waals surface area contributed by atoms with Crippen molar-refractivity contribution in [3.8, 4) is 0 Å². The molecule has 4 N–H and O–H groups in total. The van der Waals surface area contributed by atoms with Crippen LogP contribution >= 0.6 is 0 Å². The number of fused-ring (bicyclic) bond motifs is 7. The lowest BCUT2D eigenvalue weighted by Gasteiger charge is -2.72. The summed E-state index contributed by atoms with van der Waals surface area (Å²) in [6.45, 7) is 21.9. The van der Waals surface area contributed by atoms with E-state index in [2.05, 4.69) is 58.4 Å². The van der Waals surface area contributed by atoms with Crippen LogP contribution in [0.25, 0.3) is 0 Å². The molecule has 0 bridgehead atoms. The zero-order valence-corrected chi connectivity index (χ0v) is 34.7. The number of nitrogens with zero attached hydrogens (tertiary/aromatic N) is 2. The van der Waals surface area contributed by atoms with Gasteiger partial charge in [0.25, 0.3) is 0 Å². The molecule has 4 fully saturated rings. The molecule has 0 saturated heterocycles. The number of hydrogen-bond donors (Lipinski definition) is 3. The van der Waals surface area contributed by atoms with E-state index >= 15 is 0 Å². The number of nitrogens with two attached hydrogens (primary N) is 1. The van der Waals surface area contributed by atoms with Gasteiger partial charge in [-0.3, -0.25) is 24.3 Å². The Morgan fingerprint density at radius 1 is 0.981 bits per heavy atom. The Morgan fingerprint density at radius 2 is 1.67 bits per heavy atom. The zero-order valence-electron chi connectivity index (χ0n) is 34.7. The van der Waals surface area contributed by atoms with Crippen molar-refractivity contribution in [3.63, 3.8) is 0 Å². The lowest BCUT2D eigenvalue weighted by atomic mass is 9.33. The van der Waals surface area contributed by atoms with Crippen molar-refractivity contribution in [3.05, 3.63) is 41.2 Å². The summed E-state index contributed by atoms with van der Waals surface area (Å²) in [7, 11) is 0. The monoisotopic (exact) mass is 748 g/mol. The summed E-state index contributed by atoms with van der Waals surface area (Å²) in [6, 6.07) is 4.03. The van der Waals surface area contributed by atoms with Crippen LogP contribution < -0.4 is 5.73 Å². The summed E-state index contributed by atoms with van der Waals surface area (Å²) in [5, 5.41) is 22.1. The molecule has 4 saturated carbocycles. The summed E-state index contributed by atoms with van der Waals surface area (Å²) in [4.78, 5) is 45.5. The molecule has 0 spiro atoms. The van der Waals surface area contributed by atoms with E-state index in [4.69, 9.17) is 10.5 Å². The van der Waals surface area contributed by atoms with Gasteiger partial charge in [-0.2, -0.15) is 0 Å². The first-order valence-electron chi connectivity index (χ1n) is 20.9. The van der Waals surface area contributed by atoms with E-state index in [1.54, 1.807) is 26.2 Å². The maximum absolute atomic E-state index is 14.2. The number of ketones is 1. The largest absolute Gasteiger partial charge is 0.481 e. The molecule has 0 aliphatic heterocycles. The number of aliphatic hydroxyl groups is 1. The third-order valence-electron chi connectivity index (χ3n) is 16.5. The highest BCUT2D eigenvalue weighted by molar-refractivity contribution is 6.00. The van der Waals surface area contributed by atoms with Crippen LogP contribution in [0.1, 0.15) is 132 Å². The normalized spacial score (nSPS) is 36.6. The number of esters is 1. The Bertz CT molecular complexity index is 1640. The number of hydrogen-bond acceptors (Lipinski definition) is 8. The first kappa shape index (κ1) is 41.0. The molecule has 1 heterocycles. The third-order valence-corrected chi connectivity index (χ3v) is 16.5. The SMILES string of the molecule is CC(C)C1=C2C3CCC4C5(C)CCC(OC(=O)CC(C)(C)C(=O)O)C(C)(C)C5CCC4(C)C3(C)CCC2(C(O)CN(CCN)Cc2ccncc2)CC1=O. The number of carboxylic acids is 1. The summed E-state index contributed by atoms with van der Waals surface area (Å²) in [6.07, 6.45) is 10.7. The second kappa shape index (κ2) is 14.4. The number of pyridine rings is 1. The fourth-order valence-electron chi connectivity index (χ4n) is 13.5. The second-order valence-corrected chi connectivity index (χ2v) is 20.5. The number of rotatable bonds is 12. The van der Waals surface area contributed by atoms with Gasteiger partial charge in [0, 0.05) is 55.8 Å². The second-order valence-electron chi connectivity index (χ2n) is 20.5. The molecule has 6 rings (SSSR count). The number of carboxylic acid groups (broad SMARTS) is 1. The first-order chi connectivity index (χ1) is 25.2. The van der Waals surface area contributed by atoms with Crippen molar-refractivity contribution in [1.29, 1.82) is 0 Å². The van der Waals surface area contributed by atoms with Crippen molar-refractivity contribution < 1.29 is 29.3 Å². The van der Waals surface area contributed by atoms with Gasteiger partial charge in [0.2, 0.25) is 0 Å². The van der Waals surface area contributed by atoms with Gasteiger partial charge in [-0.15, -0.1) is 0 Å². The van der Waals surface area contributed by atoms with Crippen LogP contribution in [-0.2, 0) is 25.7 Å². The van der Waals surface area contributed by atoms with E-state index < -0.39 is 28.9 Å². The van der Waals surface area contributed by atoms with Crippen LogP contribution in [0.4, 0.5) is 0 Å². The fourth-order valence-corrected chi connectivity index (χ4v) is 13.5. The molecule has 1 aromatic heterocycles. The van der Waals surface area contributed by atoms with Crippen molar-refractivity contribution >= 4 is 17.7 Å². The van der Waals surface area contributed by atoms with Gasteiger partial charge in [-0.05, 0) is 128 Å². The van der Waals surface area contributed by atoms with Crippen LogP contribution in [0, 0.1) is 56.2 Å². The number of aromatic nitrogens is 1. The standard InChI is InChI=1S/C45H69N3O6/c1-28(2)37-31(49)24-45(34(50)27-48(23-20-46)26-29-14-21-47-22-15-29)19-18-43(8)30(38(37)45)10-11-33-42(7)16-13-35(54-36(51)25-40(3,4)39(52)53)41(5,6)32(42)12-17-44(33,43)9/h14-15,21-22,28,30,32-35,50H,10-13,16-20,23-27,46H2,1-9H3,(H,52,53). The van der Waals surface area contributed by atoms with Crippen molar-refractivity contribution in [2.75, 3.05) is 19.6 Å². The first-order valence-corrected chi connectivity index (χ1v) is 20.9. The molecule has 9 heteroatoms. The third kappa shape index (κ3) is 6.50. The minimum absolute atomic E-state index is 0.0307. The predicted octanol–water partition coefficient (Wildman–Crippen LogP) is 7.60. The molecule has 54 heavy (non-hydrogen) atoms. The Balaban J connectivity index is 1.29. The van der Waals surface area contributed by atoms with Crippen LogP contribution in [0.2, 0.25) is 0 Å². The van der Waals surface area contributed by atoms with Gasteiger partial charge in [0.05, 0.1) is 17.9 Å². The maximum atomic E-state index is 14.2. The highest BCUT2D eigenvalue weighted by atomic mass is 16.5. The van der Waals surface area contributed by atoms with E-state index in [1.165, 1.54) is 5.57 Å². The van der Waals surface area contributed by atoms with Gasteiger partial charge < -0.3 is 20.7 Å². The molecule has 0 amide bonds. The van der Waals surface area contributed by atoms with Crippen molar-refractivity contribution in [2.45, 2.75) is 145 Å². The molecule has 1 aromatic rings. The molecule has 9 nitrogen and oxygen atoms in total. The lowest BCUT2D eigenvalue weighted by Crippen LogP contribution is -2.66. The molecule has 0 aromatic carbocycles. The Labute approximate surface area is 324 Å².